The first-order valence-corrected chi connectivity index (χ1v) is 9.18. The molecular formula is C21H22N2O4. The molecule has 1 saturated heterocycles. The fourth-order valence-electron chi connectivity index (χ4n) is 3.64. The Bertz CT molecular complexity index is 853. The molecule has 6 heteroatoms. The SMILES string of the molecule is CCN(C(=O)C1CC(=O)N(Cc2ccc3c(c2)OCO3)C1)c1ccccc1. The largest absolute Gasteiger partial charge is 0.454 e. The lowest BCUT2D eigenvalue weighted by molar-refractivity contribution is -0.128. The third-order valence-corrected chi connectivity index (χ3v) is 5.02. The van der Waals surface area contributed by atoms with Gasteiger partial charge in [-0.2, -0.15) is 0 Å². The summed E-state index contributed by atoms with van der Waals surface area (Å²) in [6.45, 7) is 3.66. The molecule has 0 radical (unpaired) electrons. The third kappa shape index (κ3) is 3.47. The minimum atomic E-state index is -0.313. The van der Waals surface area contributed by atoms with Crippen molar-refractivity contribution in [3.8, 4) is 11.5 Å². The lowest BCUT2D eigenvalue weighted by atomic mass is 10.1. The van der Waals surface area contributed by atoms with Crippen LogP contribution in [0.15, 0.2) is 48.5 Å². The molecule has 0 N–H and O–H groups in total. The van der Waals surface area contributed by atoms with Crippen molar-refractivity contribution in [3.05, 3.63) is 54.1 Å². The fraction of sp³-hybridized carbons (Fsp3) is 0.333. The summed E-state index contributed by atoms with van der Waals surface area (Å²) in [7, 11) is 0. The van der Waals surface area contributed by atoms with Gasteiger partial charge in [-0.05, 0) is 36.8 Å². The van der Waals surface area contributed by atoms with Crippen LogP contribution >= 0.6 is 0 Å². The molecule has 0 saturated carbocycles. The topological polar surface area (TPSA) is 59.1 Å². The predicted molar refractivity (Wildman–Crippen MR) is 101 cm³/mol. The first-order chi connectivity index (χ1) is 13.2. The minimum absolute atomic E-state index is 0.00485. The van der Waals surface area contributed by atoms with Crippen LogP contribution in [0.1, 0.15) is 18.9 Å². The van der Waals surface area contributed by atoms with Crippen LogP contribution in [0.2, 0.25) is 0 Å². The number of anilines is 1. The van der Waals surface area contributed by atoms with Crippen LogP contribution < -0.4 is 14.4 Å². The molecule has 2 heterocycles. The van der Waals surface area contributed by atoms with E-state index in [-0.39, 0.29) is 30.9 Å². The quantitative estimate of drug-likeness (QED) is 0.816. The van der Waals surface area contributed by atoms with E-state index in [1.165, 1.54) is 0 Å². The van der Waals surface area contributed by atoms with Crippen LogP contribution in [-0.2, 0) is 16.1 Å². The Morgan fingerprint density at radius 3 is 2.70 bits per heavy atom. The van der Waals surface area contributed by atoms with Crippen LogP contribution in [-0.4, -0.2) is 36.6 Å². The smallest absolute Gasteiger partial charge is 0.232 e. The monoisotopic (exact) mass is 366 g/mol. The van der Waals surface area contributed by atoms with E-state index in [1.807, 2.05) is 55.5 Å². The maximum Gasteiger partial charge on any atom is 0.232 e. The number of likely N-dealkylation sites (tertiary alicyclic amines) is 1. The maximum absolute atomic E-state index is 13.0. The third-order valence-electron chi connectivity index (χ3n) is 5.02. The molecule has 4 rings (SSSR count). The zero-order valence-corrected chi connectivity index (χ0v) is 15.3. The number of hydrogen-bond acceptors (Lipinski definition) is 4. The highest BCUT2D eigenvalue weighted by Crippen LogP contribution is 2.33. The van der Waals surface area contributed by atoms with E-state index in [1.54, 1.807) is 9.80 Å². The molecule has 0 spiro atoms. The Morgan fingerprint density at radius 2 is 1.93 bits per heavy atom. The number of ether oxygens (including phenoxy) is 2. The summed E-state index contributed by atoms with van der Waals surface area (Å²) in [4.78, 5) is 29.0. The number of rotatable bonds is 5. The van der Waals surface area contributed by atoms with Gasteiger partial charge in [-0.3, -0.25) is 9.59 Å². The van der Waals surface area contributed by atoms with E-state index in [4.69, 9.17) is 9.47 Å². The van der Waals surface area contributed by atoms with Gasteiger partial charge in [0, 0.05) is 31.7 Å². The van der Waals surface area contributed by atoms with E-state index in [0.717, 1.165) is 17.0 Å². The Labute approximate surface area is 158 Å². The van der Waals surface area contributed by atoms with Crippen molar-refractivity contribution < 1.29 is 19.1 Å². The molecule has 140 valence electrons. The average molecular weight is 366 g/mol. The van der Waals surface area contributed by atoms with Gasteiger partial charge in [0.15, 0.2) is 11.5 Å². The van der Waals surface area contributed by atoms with Crippen molar-refractivity contribution in [2.45, 2.75) is 19.9 Å². The van der Waals surface area contributed by atoms with Crippen LogP contribution in [0.25, 0.3) is 0 Å². The van der Waals surface area contributed by atoms with Crippen molar-refractivity contribution in [1.29, 1.82) is 0 Å². The lowest BCUT2D eigenvalue weighted by Crippen LogP contribution is -2.37. The second-order valence-corrected chi connectivity index (χ2v) is 6.78. The van der Waals surface area contributed by atoms with Crippen molar-refractivity contribution in [2.75, 3.05) is 24.8 Å². The molecular weight excluding hydrogens is 344 g/mol. The van der Waals surface area contributed by atoms with Crippen LogP contribution in [0.3, 0.4) is 0 Å². The minimum Gasteiger partial charge on any atom is -0.454 e. The number of nitrogens with zero attached hydrogens (tertiary/aromatic N) is 2. The van der Waals surface area contributed by atoms with E-state index in [0.29, 0.717) is 25.4 Å². The number of hydrogen-bond donors (Lipinski definition) is 0. The Balaban J connectivity index is 1.44. The van der Waals surface area contributed by atoms with Gasteiger partial charge in [0.1, 0.15) is 0 Å². The predicted octanol–water partition coefficient (Wildman–Crippen LogP) is 2.82. The highest BCUT2D eigenvalue weighted by atomic mass is 16.7. The van der Waals surface area contributed by atoms with Gasteiger partial charge in [0.2, 0.25) is 18.6 Å². The molecule has 1 atom stereocenters. The highest BCUT2D eigenvalue weighted by molar-refractivity contribution is 5.99. The van der Waals surface area contributed by atoms with Crippen molar-refractivity contribution in [1.82, 2.24) is 4.90 Å². The maximum atomic E-state index is 13.0. The van der Waals surface area contributed by atoms with E-state index in [9.17, 15) is 9.59 Å². The number of benzene rings is 2. The summed E-state index contributed by atoms with van der Waals surface area (Å²) in [5, 5.41) is 0. The standard InChI is InChI=1S/C21H22N2O4/c1-2-23(17-6-4-3-5-7-17)21(25)16-11-20(24)22(13-16)12-15-8-9-18-19(10-15)27-14-26-18/h3-10,16H,2,11-14H2,1H3. The number of para-hydroxylation sites is 1. The molecule has 2 aromatic rings. The molecule has 0 aromatic heterocycles. The first kappa shape index (κ1) is 17.4. The van der Waals surface area contributed by atoms with Gasteiger partial charge in [0.25, 0.3) is 0 Å². The van der Waals surface area contributed by atoms with Crippen molar-refractivity contribution in [3.63, 3.8) is 0 Å². The average Bonchev–Trinajstić information content (AvgIpc) is 3.29. The molecule has 27 heavy (non-hydrogen) atoms. The molecule has 1 fully saturated rings. The van der Waals surface area contributed by atoms with Crippen molar-refractivity contribution >= 4 is 17.5 Å². The van der Waals surface area contributed by atoms with Gasteiger partial charge < -0.3 is 19.3 Å². The number of amides is 2. The van der Waals surface area contributed by atoms with Gasteiger partial charge in [0.05, 0.1) is 5.92 Å². The molecule has 0 bridgehead atoms. The first-order valence-electron chi connectivity index (χ1n) is 9.18. The Morgan fingerprint density at radius 1 is 1.15 bits per heavy atom. The zero-order chi connectivity index (χ0) is 18.8. The second-order valence-electron chi connectivity index (χ2n) is 6.78. The molecule has 1 unspecified atom stereocenters. The van der Waals surface area contributed by atoms with Gasteiger partial charge in [-0.25, -0.2) is 0 Å². The zero-order valence-electron chi connectivity index (χ0n) is 15.3. The van der Waals surface area contributed by atoms with E-state index in [2.05, 4.69) is 0 Å². The van der Waals surface area contributed by atoms with Gasteiger partial charge in [-0.1, -0.05) is 24.3 Å². The van der Waals surface area contributed by atoms with Gasteiger partial charge in [-0.15, -0.1) is 0 Å². The molecule has 2 amide bonds. The summed E-state index contributed by atoms with van der Waals surface area (Å²) >= 11 is 0. The number of carbonyl (C=O) groups is 2. The van der Waals surface area contributed by atoms with Crippen LogP contribution in [0.4, 0.5) is 5.69 Å². The summed E-state index contributed by atoms with van der Waals surface area (Å²) in [5.41, 5.74) is 1.84. The fourth-order valence-corrected chi connectivity index (χ4v) is 3.64. The highest BCUT2D eigenvalue weighted by Gasteiger charge is 2.36. The van der Waals surface area contributed by atoms with Gasteiger partial charge >= 0.3 is 0 Å². The molecule has 2 aliphatic heterocycles. The normalized spacial score (nSPS) is 18.0. The second kappa shape index (κ2) is 7.31. The Kier molecular flexibility index (Phi) is 4.71. The van der Waals surface area contributed by atoms with Crippen LogP contribution in [0, 0.1) is 5.92 Å². The summed E-state index contributed by atoms with van der Waals surface area (Å²) in [6, 6.07) is 15.3. The summed E-state index contributed by atoms with van der Waals surface area (Å²) in [5.74, 6) is 1.13. The molecule has 2 aliphatic rings. The van der Waals surface area contributed by atoms with E-state index >= 15 is 0 Å². The number of carbonyl (C=O) groups excluding carboxylic acids is 2. The summed E-state index contributed by atoms with van der Waals surface area (Å²) in [6.07, 6.45) is 0.257. The molecule has 6 nitrogen and oxygen atoms in total. The Hall–Kier alpha value is -3.02. The lowest BCUT2D eigenvalue weighted by Gasteiger charge is -2.24. The molecule has 0 aliphatic carbocycles. The molecule has 2 aromatic carbocycles. The number of fused-ring (bicyclic) bond motifs is 1. The van der Waals surface area contributed by atoms with E-state index < -0.39 is 0 Å². The van der Waals surface area contributed by atoms with Crippen LogP contribution in [0.5, 0.6) is 11.5 Å². The summed E-state index contributed by atoms with van der Waals surface area (Å²) < 4.78 is 10.7. The van der Waals surface area contributed by atoms with Crippen molar-refractivity contribution in [2.24, 2.45) is 5.92 Å².